The number of hydrogen-bond donors (Lipinski definition) is 0. The van der Waals surface area contributed by atoms with Gasteiger partial charge in [-0.1, -0.05) is 213 Å². The fraction of sp³-hybridized carbons (Fsp3) is 0.167. The van der Waals surface area contributed by atoms with Crippen molar-refractivity contribution in [2.45, 2.75) is 77.0 Å². The topological polar surface area (TPSA) is 6.48 Å². The minimum atomic E-state index is -0.211. The van der Waals surface area contributed by atoms with Gasteiger partial charge < -0.3 is 9.80 Å². The van der Waals surface area contributed by atoms with Crippen LogP contribution in [0.2, 0.25) is 0 Å². The summed E-state index contributed by atoms with van der Waals surface area (Å²) < 4.78 is 0. The summed E-state index contributed by atoms with van der Waals surface area (Å²) in [5.74, 6) is 0. The van der Waals surface area contributed by atoms with Crippen LogP contribution in [0.25, 0.3) is 66.8 Å². The van der Waals surface area contributed by atoms with Crippen molar-refractivity contribution in [3.8, 4) is 66.8 Å². The van der Waals surface area contributed by atoms with Crippen molar-refractivity contribution in [3.63, 3.8) is 0 Å². The molecule has 2 nitrogen and oxygen atoms in total. The van der Waals surface area contributed by atoms with Gasteiger partial charge in [0.05, 0.1) is 22.7 Å². The number of para-hydroxylation sites is 2. The van der Waals surface area contributed by atoms with E-state index in [0.29, 0.717) is 0 Å². The fourth-order valence-electron chi connectivity index (χ4n) is 14.5. The zero-order valence-electron chi connectivity index (χ0n) is 43.5. The summed E-state index contributed by atoms with van der Waals surface area (Å²) in [6.45, 7) is 19.2. The van der Waals surface area contributed by atoms with Crippen LogP contribution in [-0.4, -0.2) is 0 Å². The standard InChI is InChI=1S/C72H58N2/c1-69(2)57-27-15-13-25-51(57)55-39-67-63(41-61(55)69)71(5,6)59-29-17-19-31-65(59)73(67)43-33-35-49-46-22-10-12-24-48(46)54-38-44(34-36-50(54)45-21-9-11-23-47(45)53(49)37-43)74-66-32-20-18-30-60(66)72(7,8)64-42-62-56(40-68(64)74)52-26-14-16-28-58(52)70(62,3)4/h9-42H,1-8H3. The van der Waals surface area contributed by atoms with E-state index in [2.05, 4.69) is 271 Å². The van der Waals surface area contributed by atoms with E-state index < -0.39 is 0 Å². The zero-order chi connectivity index (χ0) is 50.2. The van der Waals surface area contributed by atoms with Gasteiger partial charge in [0.15, 0.2) is 0 Å². The molecule has 2 heterocycles. The van der Waals surface area contributed by atoms with E-state index in [1.54, 1.807) is 0 Å². The molecule has 356 valence electrons. The van der Waals surface area contributed by atoms with Gasteiger partial charge in [-0.3, -0.25) is 0 Å². The van der Waals surface area contributed by atoms with Crippen LogP contribution in [-0.2, 0) is 21.7 Å². The molecule has 0 unspecified atom stereocenters. The third-order valence-electron chi connectivity index (χ3n) is 18.4. The van der Waals surface area contributed by atoms with Crippen molar-refractivity contribution in [2.75, 3.05) is 9.80 Å². The van der Waals surface area contributed by atoms with E-state index >= 15 is 0 Å². The average molecular weight is 951 g/mol. The molecule has 5 aliphatic rings. The Kier molecular flexibility index (Phi) is 8.64. The Morgan fingerprint density at radius 1 is 0.203 bits per heavy atom. The molecule has 74 heavy (non-hydrogen) atoms. The van der Waals surface area contributed by atoms with Crippen molar-refractivity contribution in [1.29, 1.82) is 0 Å². The first-order chi connectivity index (χ1) is 35.7. The molecule has 10 aromatic rings. The summed E-state index contributed by atoms with van der Waals surface area (Å²) in [5, 5.41) is 0. The van der Waals surface area contributed by atoms with Crippen LogP contribution in [0.1, 0.15) is 99.9 Å². The number of anilines is 6. The highest BCUT2D eigenvalue weighted by Crippen LogP contribution is 2.61. The smallest absolute Gasteiger partial charge is 0.0509 e. The van der Waals surface area contributed by atoms with E-state index in [1.807, 2.05) is 0 Å². The summed E-state index contributed by atoms with van der Waals surface area (Å²) in [7, 11) is 0. The van der Waals surface area contributed by atoms with Gasteiger partial charge in [-0.05, 0) is 160 Å². The lowest BCUT2D eigenvalue weighted by atomic mass is 9.71. The largest absolute Gasteiger partial charge is 0.310 e. The first-order valence-corrected chi connectivity index (χ1v) is 26.6. The Morgan fingerprint density at radius 3 is 0.892 bits per heavy atom. The number of hydrogen-bond acceptors (Lipinski definition) is 2. The summed E-state index contributed by atoms with van der Waals surface area (Å²) in [6, 6.07) is 79.1. The van der Waals surface area contributed by atoms with Gasteiger partial charge in [0.1, 0.15) is 0 Å². The van der Waals surface area contributed by atoms with Gasteiger partial charge in [-0.2, -0.15) is 0 Å². The van der Waals surface area contributed by atoms with Crippen LogP contribution in [0.3, 0.4) is 0 Å². The van der Waals surface area contributed by atoms with Crippen LogP contribution < -0.4 is 9.80 Å². The lowest BCUT2D eigenvalue weighted by Crippen LogP contribution is -2.31. The molecule has 0 spiro atoms. The molecule has 0 bridgehead atoms. The maximum Gasteiger partial charge on any atom is 0.0509 e. The second-order valence-electron chi connectivity index (χ2n) is 23.7. The van der Waals surface area contributed by atoms with Gasteiger partial charge >= 0.3 is 0 Å². The molecule has 0 aromatic heterocycles. The lowest BCUT2D eigenvalue weighted by molar-refractivity contribution is 0.619. The van der Waals surface area contributed by atoms with Gasteiger partial charge in [-0.25, -0.2) is 0 Å². The molecule has 0 atom stereocenters. The third-order valence-corrected chi connectivity index (χ3v) is 18.4. The van der Waals surface area contributed by atoms with Gasteiger partial charge in [-0.15, -0.1) is 0 Å². The summed E-state index contributed by atoms with van der Waals surface area (Å²) >= 11 is 0. The van der Waals surface area contributed by atoms with E-state index in [4.69, 9.17) is 0 Å². The summed E-state index contributed by atoms with van der Waals surface area (Å²) in [4.78, 5) is 5.12. The monoisotopic (exact) mass is 950 g/mol. The molecule has 0 amide bonds. The van der Waals surface area contributed by atoms with E-state index in [9.17, 15) is 0 Å². The molecule has 0 N–H and O–H groups in total. The second kappa shape index (κ2) is 14.7. The number of nitrogens with zero attached hydrogens (tertiary/aromatic N) is 2. The summed E-state index contributed by atoms with van der Waals surface area (Å²) in [6.07, 6.45) is 0. The normalized spacial score (nSPS) is 16.5. The molecule has 0 saturated heterocycles. The minimum absolute atomic E-state index is 0.0976. The van der Waals surface area contributed by atoms with Crippen molar-refractivity contribution < 1.29 is 0 Å². The quantitative estimate of drug-likeness (QED) is 0.170. The molecule has 2 heteroatoms. The predicted molar refractivity (Wildman–Crippen MR) is 310 cm³/mol. The number of fused-ring (bicyclic) bond motifs is 18. The Balaban J connectivity index is 0.930. The predicted octanol–water partition coefficient (Wildman–Crippen LogP) is 19.5. The Labute approximate surface area is 436 Å². The summed E-state index contributed by atoms with van der Waals surface area (Å²) in [5.41, 5.74) is 32.9. The maximum absolute atomic E-state index is 2.56. The van der Waals surface area contributed by atoms with Crippen molar-refractivity contribution in [2.24, 2.45) is 0 Å². The Bertz CT molecular complexity index is 3840. The first-order valence-electron chi connectivity index (χ1n) is 26.6. The Morgan fingerprint density at radius 2 is 0.500 bits per heavy atom. The molecule has 15 rings (SSSR count). The van der Waals surface area contributed by atoms with E-state index in [1.165, 1.54) is 134 Å². The average Bonchev–Trinajstić information content (AvgIpc) is 3.78. The maximum atomic E-state index is 2.56. The van der Waals surface area contributed by atoms with Crippen LogP contribution in [0.4, 0.5) is 34.1 Å². The molecule has 2 aliphatic heterocycles. The molecular weight excluding hydrogens is 893 g/mol. The van der Waals surface area contributed by atoms with Crippen molar-refractivity contribution >= 4 is 34.1 Å². The highest BCUT2D eigenvalue weighted by molar-refractivity contribution is 6.06. The number of benzene rings is 10. The van der Waals surface area contributed by atoms with Gasteiger partial charge in [0.2, 0.25) is 0 Å². The highest BCUT2D eigenvalue weighted by Gasteiger charge is 2.45. The van der Waals surface area contributed by atoms with Gasteiger partial charge in [0, 0.05) is 33.0 Å². The minimum Gasteiger partial charge on any atom is -0.310 e. The van der Waals surface area contributed by atoms with Crippen LogP contribution >= 0.6 is 0 Å². The van der Waals surface area contributed by atoms with E-state index in [-0.39, 0.29) is 21.7 Å². The number of rotatable bonds is 2. The zero-order valence-corrected chi connectivity index (χ0v) is 43.5. The third kappa shape index (κ3) is 5.61. The molecule has 0 fully saturated rings. The van der Waals surface area contributed by atoms with Crippen LogP contribution in [0.15, 0.2) is 206 Å². The highest BCUT2D eigenvalue weighted by atomic mass is 15.2. The molecule has 10 aromatic carbocycles. The second-order valence-corrected chi connectivity index (χ2v) is 23.7. The Hall–Kier alpha value is -8.20. The van der Waals surface area contributed by atoms with Crippen molar-refractivity contribution in [3.05, 3.63) is 251 Å². The molecular formula is C72H58N2. The molecule has 0 radical (unpaired) electrons. The van der Waals surface area contributed by atoms with Crippen LogP contribution in [0.5, 0.6) is 0 Å². The van der Waals surface area contributed by atoms with Gasteiger partial charge in [0.25, 0.3) is 0 Å². The SMILES string of the molecule is CC1(C)c2ccccc2-c2cc3c(cc21)C(C)(C)c1ccccc1N3c1ccc2c(c1)-c1ccccc1-c1ccc(N3c4ccccc4C(C)(C)c4cc5c(cc43)-c3ccccc3C5(C)C)cc1-c1ccccc1-2. The molecule has 3 aliphatic carbocycles. The lowest BCUT2D eigenvalue weighted by Gasteiger charge is -2.43. The van der Waals surface area contributed by atoms with Crippen molar-refractivity contribution in [1.82, 2.24) is 0 Å². The van der Waals surface area contributed by atoms with E-state index in [0.717, 1.165) is 11.4 Å². The fourth-order valence-corrected chi connectivity index (χ4v) is 14.5. The molecule has 0 saturated carbocycles. The van der Waals surface area contributed by atoms with Crippen LogP contribution in [0, 0.1) is 0 Å². The first kappa shape index (κ1) is 43.4.